The second kappa shape index (κ2) is 11.6. The molecule has 106 valence electrons. The number of benzene rings is 1. The quantitative estimate of drug-likeness (QED) is 0.764. The second-order valence-electron chi connectivity index (χ2n) is 4.00. The van der Waals surface area contributed by atoms with Crippen molar-refractivity contribution in [2.24, 2.45) is 4.99 Å². The standard InChI is InChI=1S/C11H14O.C3H5NO.C2H6/c1-2-5-10(6-3-1)9-11-7-4-8-12-11;1-3(5)4-2;1-2/h1-3,5-6,11H,4,7-9H2;2H2,1H3;1-2H3/t11-;;/m0../s1. The number of hydrogen-bond donors (Lipinski definition) is 0. The highest BCUT2D eigenvalue weighted by atomic mass is 16.5. The molecule has 1 saturated heterocycles. The van der Waals surface area contributed by atoms with Crippen molar-refractivity contribution in [3.8, 4) is 0 Å². The number of nitrogens with zero attached hydrogens (tertiary/aromatic N) is 1. The molecule has 1 fully saturated rings. The summed E-state index contributed by atoms with van der Waals surface area (Å²) >= 11 is 0. The summed E-state index contributed by atoms with van der Waals surface area (Å²) in [5.74, 6) is -0.231. The van der Waals surface area contributed by atoms with Crippen molar-refractivity contribution >= 4 is 12.6 Å². The maximum Gasteiger partial charge on any atom is 0.241 e. The molecule has 1 aliphatic heterocycles. The fraction of sp³-hybridized carbons (Fsp3) is 0.500. The average Bonchev–Trinajstić information content (AvgIpc) is 2.96. The summed E-state index contributed by atoms with van der Waals surface area (Å²) in [6, 6.07) is 10.6. The molecule has 0 aliphatic carbocycles. The molecule has 1 atom stereocenters. The Kier molecular flexibility index (Phi) is 10.7. The summed E-state index contributed by atoms with van der Waals surface area (Å²) in [5.41, 5.74) is 1.39. The molecule has 3 nitrogen and oxygen atoms in total. The lowest BCUT2D eigenvalue weighted by Crippen LogP contribution is -2.08. The number of carbonyl (C=O) groups excluding carboxylic acids is 1. The van der Waals surface area contributed by atoms with E-state index in [9.17, 15) is 4.79 Å². The fourth-order valence-electron chi connectivity index (χ4n) is 1.68. The van der Waals surface area contributed by atoms with Crippen LogP contribution in [0.5, 0.6) is 0 Å². The van der Waals surface area contributed by atoms with Crippen LogP contribution in [0, 0.1) is 0 Å². The van der Waals surface area contributed by atoms with Crippen molar-refractivity contribution in [3.05, 3.63) is 35.9 Å². The molecule has 0 bridgehead atoms. The first-order valence-electron chi connectivity index (χ1n) is 6.85. The Labute approximate surface area is 116 Å². The summed E-state index contributed by atoms with van der Waals surface area (Å²) in [7, 11) is 0. The summed E-state index contributed by atoms with van der Waals surface area (Å²) < 4.78 is 5.56. The molecule has 1 aromatic carbocycles. The zero-order chi connectivity index (χ0) is 14.5. The van der Waals surface area contributed by atoms with Crippen molar-refractivity contribution in [2.45, 2.75) is 46.1 Å². The molecular weight excluding hydrogens is 238 g/mol. The van der Waals surface area contributed by atoms with Gasteiger partial charge in [0.15, 0.2) is 0 Å². The van der Waals surface area contributed by atoms with E-state index in [1.165, 1.54) is 25.3 Å². The Morgan fingerprint density at radius 1 is 1.37 bits per heavy atom. The molecule has 1 amide bonds. The zero-order valence-corrected chi connectivity index (χ0v) is 12.3. The second-order valence-corrected chi connectivity index (χ2v) is 4.00. The molecule has 0 saturated carbocycles. The smallest absolute Gasteiger partial charge is 0.241 e. The first-order chi connectivity index (χ1) is 9.22. The van der Waals surface area contributed by atoms with E-state index in [1.807, 2.05) is 13.8 Å². The van der Waals surface area contributed by atoms with Crippen molar-refractivity contribution in [1.29, 1.82) is 0 Å². The lowest BCUT2D eigenvalue weighted by Gasteiger charge is -2.08. The number of aliphatic imine (C=N–C) groups is 1. The van der Waals surface area contributed by atoms with Crippen LogP contribution in [-0.4, -0.2) is 25.3 Å². The van der Waals surface area contributed by atoms with Crippen LogP contribution in [0.1, 0.15) is 39.2 Å². The largest absolute Gasteiger partial charge is 0.378 e. The number of carbonyl (C=O) groups is 1. The summed E-state index contributed by atoms with van der Waals surface area (Å²) in [6.45, 7) is 9.27. The van der Waals surface area contributed by atoms with Gasteiger partial charge in [-0.25, -0.2) is 4.99 Å². The Balaban J connectivity index is 0.000000396. The number of amides is 1. The Morgan fingerprint density at radius 2 is 1.95 bits per heavy atom. The van der Waals surface area contributed by atoms with Gasteiger partial charge < -0.3 is 4.74 Å². The lowest BCUT2D eigenvalue weighted by molar-refractivity contribution is -0.115. The first kappa shape index (κ1) is 17.5. The molecule has 0 spiro atoms. The van der Waals surface area contributed by atoms with E-state index in [-0.39, 0.29) is 5.91 Å². The molecule has 1 heterocycles. The normalized spacial score (nSPS) is 16.5. The van der Waals surface area contributed by atoms with Crippen LogP contribution in [0.15, 0.2) is 35.3 Å². The predicted octanol–water partition coefficient (Wildman–Crippen LogP) is 3.67. The van der Waals surface area contributed by atoms with Gasteiger partial charge in [-0.2, -0.15) is 0 Å². The van der Waals surface area contributed by atoms with Gasteiger partial charge in [0.2, 0.25) is 5.91 Å². The minimum atomic E-state index is -0.231. The van der Waals surface area contributed by atoms with Crippen molar-refractivity contribution < 1.29 is 9.53 Å². The third-order valence-electron chi connectivity index (χ3n) is 2.55. The van der Waals surface area contributed by atoms with Gasteiger partial charge in [-0.15, -0.1) is 0 Å². The topological polar surface area (TPSA) is 38.7 Å². The highest BCUT2D eigenvalue weighted by molar-refractivity contribution is 5.77. The van der Waals surface area contributed by atoms with Crippen LogP contribution in [0.4, 0.5) is 0 Å². The van der Waals surface area contributed by atoms with Crippen molar-refractivity contribution in [3.63, 3.8) is 0 Å². The SMILES string of the molecule is C=NC(C)=O.CC.c1ccc(C[C@@H]2CCCO2)cc1. The monoisotopic (exact) mass is 263 g/mol. The molecule has 0 N–H and O–H groups in total. The average molecular weight is 263 g/mol. The number of rotatable bonds is 2. The van der Waals surface area contributed by atoms with Gasteiger partial charge in [-0.3, -0.25) is 4.79 Å². The van der Waals surface area contributed by atoms with E-state index in [1.54, 1.807) is 0 Å². The molecule has 0 radical (unpaired) electrons. The van der Waals surface area contributed by atoms with Gasteiger partial charge in [-0.05, 0) is 31.5 Å². The van der Waals surface area contributed by atoms with E-state index in [2.05, 4.69) is 42.0 Å². The van der Waals surface area contributed by atoms with Crippen molar-refractivity contribution in [2.75, 3.05) is 6.61 Å². The Bertz CT molecular complexity index is 343. The molecule has 2 rings (SSSR count). The minimum absolute atomic E-state index is 0.231. The van der Waals surface area contributed by atoms with Crippen LogP contribution in [0.3, 0.4) is 0 Å². The summed E-state index contributed by atoms with van der Waals surface area (Å²) in [6.07, 6.45) is 4.03. The van der Waals surface area contributed by atoms with Gasteiger partial charge in [0.1, 0.15) is 0 Å². The van der Waals surface area contributed by atoms with Crippen LogP contribution < -0.4 is 0 Å². The summed E-state index contributed by atoms with van der Waals surface area (Å²) in [4.78, 5) is 12.6. The lowest BCUT2D eigenvalue weighted by atomic mass is 10.1. The minimum Gasteiger partial charge on any atom is -0.378 e. The van der Waals surface area contributed by atoms with Gasteiger partial charge in [0.25, 0.3) is 0 Å². The van der Waals surface area contributed by atoms with Gasteiger partial charge in [-0.1, -0.05) is 44.2 Å². The maximum absolute atomic E-state index is 9.58. The maximum atomic E-state index is 9.58. The van der Waals surface area contributed by atoms with Gasteiger partial charge >= 0.3 is 0 Å². The van der Waals surface area contributed by atoms with Crippen LogP contribution in [0.2, 0.25) is 0 Å². The fourth-order valence-corrected chi connectivity index (χ4v) is 1.68. The molecule has 1 aliphatic rings. The molecule has 1 aromatic rings. The molecule has 19 heavy (non-hydrogen) atoms. The number of ether oxygens (including phenoxy) is 1. The number of hydrogen-bond acceptors (Lipinski definition) is 2. The zero-order valence-electron chi connectivity index (χ0n) is 12.3. The van der Waals surface area contributed by atoms with E-state index in [0.717, 1.165) is 13.0 Å². The summed E-state index contributed by atoms with van der Waals surface area (Å²) in [5, 5.41) is 0. The van der Waals surface area contributed by atoms with E-state index in [4.69, 9.17) is 4.74 Å². The van der Waals surface area contributed by atoms with Gasteiger partial charge in [0, 0.05) is 13.5 Å². The first-order valence-corrected chi connectivity index (χ1v) is 6.85. The van der Waals surface area contributed by atoms with Crippen LogP contribution >= 0.6 is 0 Å². The highest BCUT2D eigenvalue weighted by Gasteiger charge is 2.15. The Hall–Kier alpha value is -1.48. The highest BCUT2D eigenvalue weighted by Crippen LogP contribution is 2.16. The van der Waals surface area contributed by atoms with E-state index < -0.39 is 0 Å². The molecule has 0 aromatic heterocycles. The van der Waals surface area contributed by atoms with Gasteiger partial charge in [0.05, 0.1) is 6.10 Å². The van der Waals surface area contributed by atoms with Crippen LogP contribution in [0.25, 0.3) is 0 Å². The van der Waals surface area contributed by atoms with E-state index in [0.29, 0.717) is 6.10 Å². The third kappa shape index (κ3) is 9.14. The molecule has 0 unspecified atom stereocenters. The van der Waals surface area contributed by atoms with Crippen LogP contribution in [-0.2, 0) is 16.0 Å². The Morgan fingerprint density at radius 3 is 2.37 bits per heavy atom. The molecular formula is C16H25NO2. The third-order valence-corrected chi connectivity index (χ3v) is 2.55. The molecule has 3 heteroatoms. The predicted molar refractivity (Wildman–Crippen MR) is 80.7 cm³/mol. The van der Waals surface area contributed by atoms with Crippen molar-refractivity contribution in [1.82, 2.24) is 0 Å². The van der Waals surface area contributed by atoms with E-state index >= 15 is 0 Å².